The Labute approximate surface area is 103 Å². The SMILES string of the molecule is CC(C)(C)CNCc1ccccc1C(N)=NO. The maximum absolute atomic E-state index is 8.71. The first-order chi connectivity index (χ1) is 7.94. The third-order valence-corrected chi connectivity index (χ3v) is 2.37. The van der Waals surface area contributed by atoms with Crippen LogP contribution >= 0.6 is 0 Å². The van der Waals surface area contributed by atoms with E-state index in [1.165, 1.54) is 0 Å². The summed E-state index contributed by atoms with van der Waals surface area (Å²) in [5, 5.41) is 15.1. The molecule has 94 valence electrons. The molecule has 0 bridgehead atoms. The van der Waals surface area contributed by atoms with Crippen LogP contribution in [0.4, 0.5) is 0 Å². The van der Waals surface area contributed by atoms with E-state index in [1.54, 1.807) is 0 Å². The average molecular weight is 235 g/mol. The quantitative estimate of drug-likeness (QED) is 0.323. The van der Waals surface area contributed by atoms with E-state index >= 15 is 0 Å². The zero-order valence-corrected chi connectivity index (χ0v) is 10.7. The van der Waals surface area contributed by atoms with Gasteiger partial charge in [0.25, 0.3) is 0 Å². The molecule has 0 aliphatic heterocycles. The van der Waals surface area contributed by atoms with Crippen LogP contribution in [0.15, 0.2) is 29.4 Å². The molecule has 0 aromatic heterocycles. The number of nitrogens with one attached hydrogen (secondary N) is 1. The number of hydrogen-bond acceptors (Lipinski definition) is 3. The summed E-state index contributed by atoms with van der Waals surface area (Å²) in [4.78, 5) is 0. The lowest BCUT2D eigenvalue weighted by molar-refractivity contribution is 0.318. The molecule has 1 rings (SSSR count). The van der Waals surface area contributed by atoms with Crippen LogP contribution in [0.1, 0.15) is 31.9 Å². The highest BCUT2D eigenvalue weighted by atomic mass is 16.4. The summed E-state index contributed by atoms with van der Waals surface area (Å²) in [6.45, 7) is 8.15. The van der Waals surface area contributed by atoms with E-state index in [9.17, 15) is 0 Å². The molecule has 4 heteroatoms. The number of nitrogens with zero attached hydrogens (tertiary/aromatic N) is 1. The molecule has 4 N–H and O–H groups in total. The van der Waals surface area contributed by atoms with Crippen LogP contribution < -0.4 is 11.1 Å². The third-order valence-electron chi connectivity index (χ3n) is 2.37. The van der Waals surface area contributed by atoms with Crippen LogP contribution in [0, 0.1) is 5.41 Å². The molecule has 0 saturated heterocycles. The fraction of sp³-hybridized carbons (Fsp3) is 0.462. The van der Waals surface area contributed by atoms with E-state index in [4.69, 9.17) is 10.9 Å². The molecule has 1 aromatic carbocycles. The zero-order chi connectivity index (χ0) is 12.9. The highest BCUT2D eigenvalue weighted by Crippen LogP contribution is 2.12. The Morgan fingerprint density at radius 1 is 1.35 bits per heavy atom. The minimum atomic E-state index is 0.151. The van der Waals surface area contributed by atoms with Crippen molar-refractivity contribution in [3.8, 4) is 0 Å². The van der Waals surface area contributed by atoms with Gasteiger partial charge in [-0.15, -0.1) is 0 Å². The molecule has 0 unspecified atom stereocenters. The second-order valence-corrected chi connectivity index (χ2v) is 5.31. The lowest BCUT2D eigenvalue weighted by Gasteiger charge is -2.19. The van der Waals surface area contributed by atoms with Crippen LogP contribution in [-0.4, -0.2) is 17.6 Å². The van der Waals surface area contributed by atoms with Crippen molar-refractivity contribution < 1.29 is 5.21 Å². The van der Waals surface area contributed by atoms with Gasteiger partial charge in [-0.2, -0.15) is 0 Å². The molecule has 0 saturated carbocycles. The summed E-state index contributed by atoms with van der Waals surface area (Å²) in [5.74, 6) is 0.151. The van der Waals surface area contributed by atoms with E-state index in [-0.39, 0.29) is 11.3 Å². The molecule has 1 aromatic rings. The monoisotopic (exact) mass is 235 g/mol. The highest BCUT2D eigenvalue weighted by molar-refractivity contribution is 5.98. The molecular formula is C13H21N3O. The van der Waals surface area contributed by atoms with Gasteiger partial charge in [0.05, 0.1) is 0 Å². The molecule has 0 atom stereocenters. The smallest absolute Gasteiger partial charge is 0.170 e. The number of rotatable bonds is 4. The van der Waals surface area contributed by atoms with Gasteiger partial charge in [-0.3, -0.25) is 0 Å². The van der Waals surface area contributed by atoms with E-state index in [1.807, 2.05) is 24.3 Å². The molecular weight excluding hydrogens is 214 g/mol. The Balaban J connectivity index is 2.71. The van der Waals surface area contributed by atoms with Crippen molar-refractivity contribution in [1.82, 2.24) is 5.32 Å². The predicted molar refractivity (Wildman–Crippen MR) is 70.1 cm³/mol. The summed E-state index contributed by atoms with van der Waals surface area (Å²) in [6, 6.07) is 7.65. The molecule has 0 heterocycles. The van der Waals surface area contributed by atoms with Gasteiger partial charge in [0, 0.05) is 18.7 Å². The fourth-order valence-corrected chi connectivity index (χ4v) is 1.55. The topological polar surface area (TPSA) is 70.6 Å². The van der Waals surface area contributed by atoms with Gasteiger partial charge >= 0.3 is 0 Å². The Kier molecular flexibility index (Phi) is 4.52. The summed E-state index contributed by atoms with van der Waals surface area (Å²) in [7, 11) is 0. The van der Waals surface area contributed by atoms with Crippen LogP contribution in [0.3, 0.4) is 0 Å². The molecule has 0 fully saturated rings. The largest absolute Gasteiger partial charge is 0.409 e. The fourth-order valence-electron chi connectivity index (χ4n) is 1.55. The molecule has 17 heavy (non-hydrogen) atoms. The highest BCUT2D eigenvalue weighted by Gasteiger charge is 2.10. The number of amidine groups is 1. The van der Waals surface area contributed by atoms with Gasteiger partial charge in [0.2, 0.25) is 0 Å². The lowest BCUT2D eigenvalue weighted by Crippen LogP contribution is -2.27. The third kappa shape index (κ3) is 4.44. The lowest BCUT2D eigenvalue weighted by atomic mass is 9.97. The van der Waals surface area contributed by atoms with Gasteiger partial charge in [0.1, 0.15) is 0 Å². The average Bonchev–Trinajstić information content (AvgIpc) is 2.27. The number of benzene rings is 1. The maximum Gasteiger partial charge on any atom is 0.170 e. The first-order valence-electron chi connectivity index (χ1n) is 5.70. The van der Waals surface area contributed by atoms with E-state index in [0.29, 0.717) is 6.54 Å². The van der Waals surface area contributed by atoms with Crippen LogP contribution in [0.2, 0.25) is 0 Å². The first kappa shape index (κ1) is 13.5. The first-order valence-corrected chi connectivity index (χ1v) is 5.70. The molecule has 0 spiro atoms. The predicted octanol–water partition coefficient (Wildman–Crippen LogP) is 1.92. The Hall–Kier alpha value is -1.55. The number of hydrogen-bond donors (Lipinski definition) is 3. The van der Waals surface area contributed by atoms with E-state index < -0.39 is 0 Å². The van der Waals surface area contributed by atoms with Crippen LogP contribution in [0.5, 0.6) is 0 Å². The van der Waals surface area contributed by atoms with Crippen molar-refractivity contribution in [3.05, 3.63) is 35.4 Å². The molecule has 0 amide bonds. The number of nitrogens with two attached hydrogens (primary N) is 1. The molecule has 0 aliphatic rings. The van der Waals surface area contributed by atoms with Gasteiger partial charge in [-0.25, -0.2) is 0 Å². The standard InChI is InChI=1S/C13H21N3O/c1-13(2,3)9-15-8-10-6-4-5-7-11(10)12(14)16-17/h4-7,15,17H,8-9H2,1-3H3,(H2,14,16). The Morgan fingerprint density at radius 3 is 2.59 bits per heavy atom. The van der Waals surface area contributed by atoms with Crippen molar-refractivity contribution in [1.29, 1.82) is 0 Å². The van der Waals surface area contributed by atoms with Gasteiger partial charge < -0.3 is 16.3 Å². The second-order valence-electron chi connectivity index (χ2n) is 5.31. The van der Waals surface area contributed by atoms with Crippen LogP contribution in [-0.2, 0) is 6.54 Å². The second kappa shape index (κ2) is 5.68. The zero-order valence-electron chi connectivity index (χ0n) is 10.7. The Morgan fingerprint density at radius 2 is 2.00 bits per heavy atom. The summed E-state index contributed by atoms with van der Waals surface area (Å²) in [5.41, 5.74) is 7.68. The summed E-state index contributed by atoms with van der Waals surface area (Å²) >= 11 is 0. The van der Waals surface area contributed by atoms with Gasteiger partial charge in [0.15, 0.2) is 5.84 Å². The van der Waals surface area contributed by atoms with E-state index in [0.717, 1.165) is 17.7 Å². The minimum Gasteiger partial charge on any atom is -0.409 e. The molecule has 0 radical (unpaired) electrons. The summed E-state index contributed by atoms with van der Waals surface area (Å²) < 4.78 is 0. The molecule has 4 nitrogen and oxygen atoms in total. The maximum atomic E-state index is 8.71. The Bertz CT molecular complexity index is 394. The van der Waals surface area contributed by atoms with Crippen molar-refractivity contribution in [2.45, 2.75) is 27.3 Å². The molecule has 0 aliphatic carbocycles. The minimum absolute atomic E-state index is 0.151. The normalized spacial score (nSPS) is 12.8. The number of oxime groups is 1. The van der Waals surface area contributed by atoms with Gasteiger partial charge in [-0.05, 0) is 11.0 Å². The summed E-state index contributed by atoms with van der Waals surface area (Å²) in [6.07, 6.45) is 0. The van der Waals surface area contributed by atoms with Crippen molar-refractivity contribution >= 4 is 5.84 Å². The van der Waals surface area contributed by atoms with E-state index in [2.05, 4.69) is 31.2 Å². The van der Waals surface area contributed by atoms with Crippen molar-refractivity contribution in [2.75, 3.05) is 6.54 Å². The van der Waals surface area contributed by atoms with Crippen molar-refractivity contribution in [3.63, 3.8) is 0 Å². The van der Waals surface area contributed by atoms with Crippen molar-refractivity contribution in [2.24, 2.45) is 16.3 Å². The van der Waals surface area contributed by atoms with Crippen LogP contribution in [0.25, 0.3) is 0 Å². The van der Waals surface area contributed by atoms with Gasteiger partial charge in [-0.1, -0.05) is 50.2 Å².